The van der Waals surface area contributed by atoms with Crippen molar-refractivity contribution in [1.29, 1.82) is 0 Å². The summed E-state index contributed by atoms with van der Waals surface area (Å²) < 4.78 is 13.4. The van der Waals surface area contributed by atoms with Gasteiger partial charge in [0.05, 0.1) is 0 Å². The van der Waals surface area contributed by atoms with Gasteiger partial charge < -0.3 is 10.2 Å². The number of amides is 2. The molecule has 5 heteroatoms. The third-order valence-electron chi connectivity index (χ3n) is 5.31. The van der Waals surface area contributed by atoms with Crippen LogP contribution in [-0.4, -0.2) is 16.7 Å². The molecule has 0 fully saturated rings. The van der Waals surface area contributed by atoms with E-state index in [1.54, 1.807) is 17.0 Å². The molecule has 0 spiro atoms. The average molecular weight is 433 g/mol. The van der Waals surface area contributed by atoms with Crippen LogP contribution in [0.5, 0.6) is 0 Å². The number of aryl methyl sites for hydroxylation is 1. The highest BCUT2D eigenvalue weighted by Gasteiger charge is 2.31. The van der Waals surface area contributed by atoms with Crippen molar-refractivity contribution in [2.75, 3.05) is 0 Å². The zero-order valence-electron chi connectivity index (χ0n) is 18.6. The average Bonchev–Trinajstić information content (AvgIpc) is 2.80. The summed E-state index contributed by atoms with van der Waals surface area (Å²) in [6.07, 6.45) is 1.00. The number of rotatable bonds is 9. The van der Waals surface area contributed by atoms with Crippen LogP contribution >= 0.6 is 0 Å². The van der Waals surface area contributed by atoms with Gasteiger partial charge in [-0.05, 0) is 42.2 Å². The first-order chi connectivity index (χ1) is 15.5. The number of carbonyl (C=O) groups excluding carboxylic acids is 2. The van der Waals surface area contributed by atoms with Gasteiger partial charge in [-0.25, -0.2) is 4.39 Å². The highest BCUT2D eigenvalue weighted by molar-refractivity contribution is 5.88. The first-order valence-corrected chi connectivity index (χ1v) is 10.9. The van der Waals surface area contributed by atoms with Crippen LogP contribution in [0.15, 0.2) is 78.9 Å². The van der Waals surface area contributed by atoms with Crippen molar-refractivity contribution in [2.45, 2.75) is 45.8 Å². The van der Waals surface area contributed by atoms with E-state index in [2.05, 4.69) is 5.32 Å². The molecule has 0 heterocycles. The molecule has 4 nitrogen and oxygen atoms in total. The number of nitrogens with zero attached hydrogens (tertiary/aromatic N) is 1. The molecule has 0 aromatic heterocycles. The van der Waals surface area contributed by atoms with E-state index in [9.17, 15) is 14.0 Å². The lowest BCUT2D eigenvalue weighted by Crippen LogP contribution is -2.43. The normalized spacial score (nSPS) is 11.6. The van der Waals surface area contributed by atoms with Gasteiger partial charge in [0, 0.05) is 19.5 Å². The molecular weight excluding hydrogens is 403 g/mol. The molecule has 0 aliphatic rings. The van der Waals surface area contributed by atoms with Crippen molar-refractivity contribution in [3.05, 3.63) is 107 Å². The molecule has 0 saturated carbocycles. The Labute approximate surface area is 189 Å². The Hall–Kier alpha value is -3.47. The Morgan fingerprint density at radius 1 is 0.906 bits per heavy atom. The Morgan fingerprint density at radius 3 is 2.16 bits per heavy atom. The van der Waals surface area contributed by atoms with Crippen LogP contribution in [0.1, 0.15) is 48.1 Å². The van der Waals surface area contributed by atoms with Crippen LogP contribution < -0.4 is 5.32 Å². The van der Waals surface area contributed by atoms with Gasteiger partial charge in [-0.15, -0.1) is 0 Å². The molecule has 3 rings (SSSR count). The summed E-state index contributed by atoms with van der Waals surface area (Å²) in [5.74, 6) is -0.699. The van der Waals surface area contributed by atoms with E-state index in [-0.39, 0.29) is 24.2 Å². The van der Waals surface area contributed by atoms with Crippen molar-refractivity contribution in [3.8, 4) is 0 Å². The molecule has 0 aliphatic heterocycles. The SMILES string of the molecule is CCCC(=O)N(Cc1ccc(F)cc1)[C@@H](C(=O)NCc1ccc(C)cc1)c1ccccc1. The fraction of sp³-hybridized carbons (Fsp3) is 0.259. The minimum absolute atomic E-state index is 0.115. The molecule has 166 valence electrons. The predicted molar refractivity (Wildman–Crippen MR) is 124 cm³/mol. The Balaban J connectivity index is 1.90. The number of halogens is 1. The Bertz CT molecular complexity index is 1020. The van der Waals surface area contributed by atoms with Gasteiger partial charge in [-0.2, -0.15) is 0 Å². The standard InChI is InChI=1S/C27H29FN2O2/c1-3-7-25(31)30(19-22-14-16-24(28)17-15-22)26(23-8-5-4-6-9-23)27(32)29-18-21-12-10-20(2)11-13-21/h4-6,8-17,26H,3,7,18-19H2,1-2H3,(H,29,32)/t26-/m1/s1. The molecule has 3 aromatic rings. The van der Waals surface area contributed by atoms with Crippen LogP contribution in [0.4, 0.5) is 4.39 Å². The summed E-state index contributed by atoms with van der Waals surface area (Å²) in [6, 6.07) is 22.5. The monoisotopic (exact) mass is 432 g/mol. The summed E-state index contributed by atoms with van der Waals surface area (Å²) >= 11 is 0. The highest BCUT2D eigenvalue weighted by atomic mass is 19.1. The minimum Gasteiger partial charge on any atom is -0.350 e. The van der Waals surface area contributed by atoms with Gasteiger partial charge in [-0.1, -0.05) is 79.2 Å². The maximum atomic E-state index is 13.4. The van der Waals surface area contributed by atoms with E-state index >= 15 is 0 Å². The van der Waals surface area contributed by atoms with Crippen molar-refractivity contribution in [2.24, 2.45) is 0 Å². The summed E-state index contributed by atoms with van der Waals surface area (Å²) in [5.41, 5.74) is 3.64. The van der Waals surface area contributed by atoms with Crippen molar-refractivity contribution < 1.29 is 14.0 Å². The van der Waals surface area contributed by atoms with Crippen molar-refractivity contribution in [3.63, 3.8) is 0 Å². The second kappa shape index (κ2) is 11.2. The van der Waals surface area contributed by atoms with Crippen LogP contribution in [0, 0.1) is 12.7 Å². The maximum Gasteiger partial charge on any atom is 0.247 e. The van der Waals surface area contributed by atoms with E-state index in [1.807, 2.05) is 68.4 Å². The molecule has 0 radical (unpaired) electrons. The van der Waals surface area contributed by atoms with E-state index in [1.165, 1.54) is 12.1 Å². The maximum absolute atomic E-state index is 13.4. The van der Waals surface area contributed by atoms with Crippen LogP contribution in [0.25, 0.3) is 0 Å². The number of carbonyl (C=O) groups is 2. The van der Waals surface area contributed by atoms with Gasteiger partial charge in [0.25, 0.3) is 0 Å². The first-order valence-electron chi connectivity index (χ1n) is 10.9. The summed E-state index contributed by atoms with van der Waals surface area (Å²) in [4.78, 5) is 28.1. The van der Waals surface area contributed by atoms with E-state index in [4.69, 9.17) is 0 Å². The summed E-state index contributed by atoms with van der Waals surface area (Å²) in [5, 5.41) is 3.00. The lowest BCUT2D eigenvalue weighted by Gasteiger charge is -2.31. The number of benzene rings is 3. The summed E-state index contributed by atoms with van der Waals surface area (Å²) in [7, 11) is 0. The smallest absolute Gasteiger partial charge is 0.247 e. The van der Waals surface area contributed by atoms with Gasteiger partial charge >= 0.3 is 0 Å². The molecule has 1 N–H and O–H groups in total. The first kappa shape index (κ1) is 23.2. The molecular formula is C27H29FN2O2. The lowest BCUT2D eigenvalue weighted by atomic mass is 10.0. The fourth-order valence-electron chi connectivity index (χ4n) is 3.57. The second-order valence-electron chi connectivity index (χ2n) is 7.91. The van der Waals surface area contributed by atoms with E-state index < -0.39 is 6.04 Å². The minimum atomic E-state index is -0.786. The topological polar surface area (TPSA) is 49.4 Å². The van der Waals surface area contributed by atoms with Crippen molar-refractivity contribution in [1.82, 2.24) is 10.2 Å². The zero-order chi connectivity index (χ0) is 22.9. The largest absolute Gasteiger partial charge is 0.350 e. The van der Waals surface area contributed by atoms with Crippen LogP contribution in [-0.2, 0) is 22.7 Å². The second-order valence-corrected chi connectivity index (χ2v) is 7.91. The summed E-state index contributed by atoms with van der Waals surface area (Å²) in [6.45, 7) is 4.54. The molecule has 2 amide bonds. The predicted octanol–water partition coefficient (Wildman–Crippen LogP) is 5.32. The fourth-order valence-corrected chi connectivity index (χ4v) is 3.57. The third-order valence-corrected chi connectivity index (χ3v) is 5.31. The van der Waals surface area contributed by atoms with E-state index in [0.29, 0.717) is 19.4 Å². The molecule has 0 unspecified atom stereocenters. The van der Waals surface area contributed by atoms with Gasteiger partial charge in [0.1, 0.15) is 11.9 Å². The molecule has 32 heavy (non-hydrogen) atoms. The van der Waals surface area contributed by atoms with E-state index in [0.717, 1.165) is 22.3 Å². The van der Waals surface area contributed by atoms with Crippen LogP contribution in [0.2, 0.25) is 0 Å². The van der Waals surface area contributed by atoms with Gasteiger partial charge in [0.2, 0.25) is 11.8 Å². The zero-order valence-corrected chi connectivity index (χ0v) is 18.6. The molecule has 0 aliphatic carbocycles. The van der Waals surface area contributed by atoms with Crippen molar-refractivity contribution >= 4 is 11.8 Å². The number of nitrogens with one attached hydrogen (secondary N) is 1. The molecule has 0 bridgehead atoms. The molecule has 1 atom stereocenters. The Morgan fingerprint density at radius 2 is 1.53 bits per heavy atom. The lowest BCUT2D eigenvalue weighted by molar-refractivity contribution is -0.141. The van der Waals surface area contributed by atoms with Gasteiger partial charge in [-0.3, -0.25) is 9.59 Å². The third kappa shape index (κ3) is 6.27. The molecule has 0 saturated heterocycles. The quantitative estimate of drug-likeness (QED) is 0.497. The molecule has 3 aromatic carbocycles. The number of hydrogen-bond donors (Lipinski definition) is 1. The Kier molecular flexibility index (Phi) is 8.14. The highest BCUT2D eigenvalue weighted by Crippen LogP contribution is 2.25. The van der Waals surface area contributed by atoms with Crippen LogP contribution in [0.3, 0.4) is 0 Å². The van der Waals surface area contributed by atoms with Gasteiger partial charge in [0.15, 0.2) is 0 Å². The number of hydrogen-bond acceptors (Lipinski definition) is 2.